The molecule has 4 rings (SSSR count). The summed E-state index contributed by atoms with van der Waals surface area (Å²) in [5, 5.41) is 4.76. The van der Waals surface area contributed by atoms with E-state index in [9.17, 15) is 0 Å². The molecular weight excluding hydrogens is 244 g/mol. The maximum Gasteiger partial charge on any atom is 0.0948 e. The van der Waals surface area contributed by atoms with Crippen molar-refractivity contribution in [3.8, 4) is 0 Å². The van der Waals surface area contributed by atoms with E-state index in [1.165, 1.54) is 16.5 Å². The van der Waals surface area contributed by atoms with Gasteiger partial charge in [0.25, 0.3) is 0 Å². The minimum absolute atomic E-state index is 0.206. The molecule has 0 saturated carbocycles. The SMILES string of the molecule is [c]1nc2ccccc2cc1C1NCCc2ccccc21. The van der Waals surface area contributed by atoms with Gasteiger partial charge in [-0.05, 0) is 29.7 Å². The van der Waals surface area contributed by atoms with Crippen LogP contribution in [0.3, 0.4) is 0 Å². The highest BCUT2D eigenvalue weighted by molar-refractivity contribution is 5.78. The lowest BCUT2D eigenvalue weighted by Gasteiger charge is -2.27. The third-order valence-electron chi connectivity index (χ3n) is 3.97. The smallest absolute Gasteiger partial charge is 0.0948 e. The van der Waals surface area contributed by atoms with Crippen LogP contribution >= 0.6 is 0 Å². The molecule has 1 aliphatic rings. The fourth-order valence-electron chi connectivity index (χ4n) is 2.97. The monoisotopic (exact) mass is 259 g/mol. The van der Waals surface area contributed by atoms with E-state index in [0.717, 1.165) is 24.0 Å². The number of aromatic nitrogens is 1. The Bertz CT molecular complexity index is 764. The minimum Gasteiger partial charge on any atom is -0.306 e. The molecule has 0 aliphatic carbocycles. The lowest BCUT2D eigenvalue weighted by molar-refractivity contribution is 0.566. The largest absolute Gasteiger partial charge is 0.306 e. The minimum atomic E-state index is 0.206. The van der Waals surface area contributed by atoms with Gasteiger partial charge < -0.3 is 5.32 Å². The first-order valence-electron chi connectivity index (χ1n) is 7.00. The third-order valence-corrected chi connectivity index (χ3v) is 3.97. The molecule has 1 aromatic heterocycles. The van der Waals surface area contributed by atoms with Gasteiger partial charge in [-0.2, -0.15) is 0 Å². The number of rotatable bonds is 1. The van der Waals surface area contributed by atoms with E-state index in [0.29, 0.717) is 0 Å². The van der Waals surface area contributed by atoms with Gasteiger partial charge in [-0.3, -0.25) is 0 Å². The summed E-state index contributed by atoms with van der Waals surface area (Å²) in [5.74, 6) is 0. The van der Waals surface area contributed by atoms with Gasteiger partial charge in [0.1, 0.15) is 0 Å². The van der Waals surface area contributed by atoms with Gasteiger partial charge in [0, 0.05) is 17.5 Å². The van der Waals surface area contributed by atoms with Crippen LogP contribution in [-0.4, -0.2) is 11.5 Å². The summed E-state index contributed by atoms with van der Waals surface area (Å²) < 4.78 is 0. The quantitative estimate of drug-likeness (QED) is 0.725. The highest BCUT2D eigenvalue weighted by Gasteiger charge is 2.21. The molecule has 2 aromatic carbocycles. The van der Waals surface area contributed by atoms with Crippen LogP contribution in [-0.2, 0) is 6.42 Å². The van der Waals surface area contributed by atoms with E-state index in [1.807, 2.05) is 12.1 Å². The van der Waals surface area contributed by atoms with Crippen LogP contribution in [0.4, 0.5) is 0 Å². The molecule has 97 valence electrons. The molecule has 0 amide bonds. The molecule has 0 saturated heterocycles. The maximum atomic E-state index is 4.46. The topological polar surface area (TPSA) is 24.9 Å². The first-order chi connectivity index (χ1) is 9.92. The number of hydrogen-bond donors (Lipinski definition) is 1. The zero-order valence-corrected chi connectivity index (χ0v) is 11.1. The van der Waals surface area contributed by atoms with Crippen LogP contribution in [0.25, 0.3) is 10.9 Å². The van der Waals surface area contributed by atoms with Crippen molar-refractivity contribution in [3.63, 3.8) is 0 Å². The molecule has 0 bridgehead atoms. The van der Waals surface area contributed by atoms with Crippen molar-refractivity contribution < 1.29 is 0 Å². The van der Waals surface area contributed by atoms with E-state index in [2.05, 4.69) is 59.0 Å². The summed E-state index contributed by atoms with van der Waals surface area (Å²) in [5.41, 5.74) is 4.90. The second-order valence-electron chi connectivity index (χ2n) is 5.22. The molecule has 1 radical (unpaired) electrons. The molecule has 2 heterocycles. The van der Waals surface area contributed by atoms with E-state index in [4.69, 9.17) is 0 Å². The van der Waals surface area contributed by atoms with Gasteiger partial charge in [-0.1, -0.05) is 42.5 Å². The summed E-state index contributed by atoms with van der Waals surface area (Å²) >= 11 is 0. The molecule has 1 atom stereocenters. The summed E-state index contributed by atoms with van der Waals surface area (Å²) in [6.07, 6.45) is 4.30. The molecule has 0 fully saturated rings. The Morgan fingerprint density at radius 2 is 1.90 bits per heavy atom. The number of fused-ring (bicyclic) bond motifs is 2. The van der Waals surface area contributed by atoms with Gasteiger partial charge in [0.05, 0.1) is 17.8 Å². The second-order valence-corrected chi connectivity index (χ2v) is 5.22. The fourth-order valence-corrected chi connectivity index (χ4v) is 2.97. The Labute approximate surface area is 118 Å². The highest BCUT2D eigenvalue weighted by atomic mass is 14.9. The van der Waals surface area contributed by atoms with Crippen LogP contribution in [0.5, 0.6) is 0 Å². The summed E-state index contributed by atoms with van der Waals surface area (Å²) in [6.45, 7) is 1.00. The van der Waals surface area contributed by atoms with Crippen LogP contribution < -0.4 is 5.32 Å². The Morgan fingerprint density at radius 3 is 2.90 bits per heavy atom. The van der Waals surface area contributed by atoms with Crippen LogP contribution in [0, 0.1) is 6.20 Å². The molecule has 3 aromatic rings. The summed E-state index contributed by atoms with van der Waals surface area (Å²) in [4.78, 5) is 4.46. The van der Waals surface area contributed by atoms with Gasteiger partial charge in [-0.15, -0.1) is 0 Å². The molecular formula is C18H15N2. The summed E-state index contributed by atoms with van der Waals surface area (Å²) in [7, 11) is 0. The molecule has 1 N–H and O–H groups in total. The number of nitrogens with zero attached hydrogens (tertiary/aromatic N) is 1. The van der Waals surface area contributed by atoms with Gasteiger partial charge >= 0.3 is 0 Å². The van der Waals surface area contributed by atoms with Crippen LogP contribution in [0.2, 0.25) is 0 Å². The average molecular weight is 259 g/mol. The van der Waals surface area contributed by atoms with Gasteiger partial charge in [-0.25, -0.2) is 4.98 Å². The predicted octanol–water partition coefficient (Wildman–Crippen LogP) is 3.27. The third kappa shape index (κ3) is 1.89. The number of para-hydroxylation sites is 1. The lowest BCUT2D eigenvalue weighted by Crippen LogP contribution is -2.30. The Hall–Kier alpha value is -2.19. The fraction of sp³-hybridized carbons (Fsp3) is 0.167. The number of nitrogens with one attached hydrogen (secondary N) is 1. The van der Waals surface area contributed by atoms with Crippen molar-refractivity contribution in [2.45, 2.75) is 12.5 Å². The second kappa shape index (κ2) is 4.73. The molecule has 1 unspecified atom stereocenters. The maximum absolute atomic E-state index is 4.46. The summed E-state index contributed by atoms with van der Waals surface area (Å²) in [6, 6.07) is 19.2. The Balaban J connectivity index is 1.84. The van der Waals surface area contributed by atoms with Crippen molar-refractivity contribution in [3.05, 3.63) is 77.5 Å². The van der Waals surface area contributed by atoms with Gasteiger partial charge in [0.15, 0.2) is 0 Å². The molecule has 1 aliphatic heterocycles. The van der Waals surface area contributed by atoms with Gasteiger partial charge in [0.2, 0.25) is 0 Å². The molecule has 20 heavy (non-hydrogen) atoms. The standard InChI is InChI=1S/C18H15N2/c1-3-7-16-13(5-1)9-10-19-18(16)15-11-14-6-2-4-8-17(14)20-12-15/h1-8,11,18-19H,9-10H2. The van der Waals surface area contributed by atoms with Crippen molar-refractivity contribution in [1.29, 1.82) is 0 Å². The zero-order chi connectivity index (χ0) is 13.4. The van der Waals surface area contributed by atoms with Crippen molar-refractivity contribution in [2.75, 3.05) is 6.54 Å². The first-order valence-corrected chi connectivity index (χ1v) is 7.00. The van der Waals surface area contributed by atoms with Crippen molar-refractivity contribution in [2.24, 2.45) is 0 Å². The predicted molar refractivity (Wildman–Crippen MR) is 80.6 cm³/mol. The average Bonchev–Trinajstić information content (AvgIpc) is 2.54. The Kier molecular flexibility index (Phi) is 2.75. The van der Waals surface area contributed by atoms with Crippen LogP contribution in [0.1, 0.15) is 22.7 Å². The molecule has 2 heteroatoms. The number of benzene rings is 2. The normalized spacial score (nSPS) is 17.9. The van der Waals surface area contributed by atoms with E-state index >= 15 is 0 Å². The highest BCUT2D eigenvalue weighted by Crippen LogP contribution is 2.29. The van der Waals surface area contributed by atoms with Crippen molar-refractivity contribution in [1.82, 2.24) is 10.3 Å². The first kappa shape index (κ1) is 11.6. The van der Waals surface area contributed by atoms with E-state index in [1.54, 1.807) is 0 Å². The van der Waals surface area contributed by atoms with Crippen molar-refractivity contribution >= 4 is 10.9 Å². The lowest BCUT2D eigenvalue weighted by atomic mass is 9.90. The molecule has 0 spiro atoms. The van der Waals surface area contributed by atoms with Crippen LogP contribution in [0.15, 0.2) is 54.6 Å². The zero-order valence-electron chi connectivity index (χ0n) is 11.1. The van der Waals surface area contributed by atoms with E-state index < -0.39 is 0 Å². The van der Waals surface area contributed by atoms with E-state index in [-0.39, 0.29) is 6.04 Å². The number of pyridine rings is 1. The molecule has 2 nitrogen and oxygen atoms in total. The number of hydrogen-bond acceptors (Lipinski definition) is 2. The Morgan fingerprint density at radius 1 is 1.05 bits per heavy atom.